The zero-order chi connectivity index (χ0) is 16.2. The molecule has 0 bridgehead atoms. The lowest BCUT2D eigenvalue weighted by Gasteiger charge is -2.15. The van der Waals surface area contributed by atoms with Gasteiger partial charge in [-0.3, -0.25) is 10.1 Å². The van der Waals surface area contributed by atoms with E-state index < -0.39 is 26.6 Å². The number of para-hydroxylation sites is 1. The van der Waals surface area contributed by atoms with Crippen molar-refractivity contribution in [3.8, 4) is 0 Å². The lowest BCUT2D eigenvalue weighted by molar-refractivity contribution is -0.386. The van der Waals surface area contributed by atoms with Crippen LogP contribution in [-0.2, 0) is 9.84 Å². The highest BCUT2D eigenvalue weighted by Gasteiger charge is 2.26. The van der Waals surface area contributed by atoms with E-state index in [1.807, 2.05) is 13.8 Å². The molecule has 0 saturated heterocycles. The number of nitrogens with one attached hydrogen (secondary N) is 1. The molecule has 0 amide bonds. The fourth-order valence-electron chi connectivity index (χ4n) is 2.01. The van der Waals surface area contributed by atoms with Gasteiger partial charge in [-0.15, -0.1) is 0 Å². The summed E-state index contributed by atoms with van der Waals surface area (Å²) in [5, 5.41) is 23.7. The van der Waals surface area contributed by atoms with Crippen LogP contribution in [0.2, 0.25) is 0 Å². The molecule has 0 fully saturated rings. The maximum absolute atomic E-state index is 11.6. The minimum atomic E-state index is -3.70. The van der Waals surface area contributed by atoms with Crippen molar-refractivity contribution in [3.05, 3.63) is 28.3 Å². The Balaban J connectivity index is 3.06. The summed E-state index contributed by atoms with van der Waals surface area (Å²) in [5.74, 6) is 0.291. The van der Waals surface area contributed by atoms with E-state index in [0.29, 0.717) is 12.3 Å². The van der Waals surface area contributed by atoms with Gasteiger partial charge in [0.25, 0.3) is 0 Å². The SMILES string of the molecule is CC(C)CC(O)CNc1cccc(S(C)(=O)=O)c1[N+](=O)[O-]. The third kappa shape index (κ3) is 4.98. The van der Waals surface area contributed by atoms with Gasteiger partial charge in [0.15, 0.2) is 9.84 Å². The van der Waals surface area contributed by atoms with Crippen LogP contribution in [0, 0.1) is 16.0 Å². The largest absolute Gasteiger partial charge is 0.391 e. The molecule has 1 atom stereocenters. The number of nitro groups is 1. The molecule has 0 aliphatic heterocycles. The first kappa shape index (κ1) is 17.4. The topological polar surface area (TPSA) is 110 Å². The minimum Gasteiger partial charge on any atom is -0.391 e. The normalized spacial score (nSPS) is 13.2. The summed E-state index contributed by atoms with van der Waals surface area (Å²) >= 11 is 0. The predicted molar refractivity (Wildman–Crippen MR) is 80.2 cm³/mol. The lowest BCUT2D eigenvalue weighted by atomic mass is 10.1. The van der Waals surface area contributed by atoms with Crippen molar-refractivity contribution < 1.29 is 18.4 Å². The number of sulfone groups is 1. The van der Waals surface area contributed by atoms with E-state index in [1.165, 1.54) is 18.2 Å². The van der Waals surface area contributed by atoms with Gasteiger partial charge in [-0.05, 0) is 24.5 Å². The van der Waals surface area contributed by atoms with Crippen LogP contribution in [0.3, 0.4) is 0 Å². The molecule has 0 heterocycles. The number of nitrogens with zero attached hydrogens (tertiary/aromatic N) is 1. The maximum Gasteiger partial charge on any atom is 0.310 e. The molecule has 8 heteroatoms. The van der Waals surface area contributed by atoms with Gasteiger partial charge in [0.05, 0.1) is 11.0 Å². The van der Waals surface area contributed by atoms with E-state index in [4.69, 9.17) is 0 Å². The van der Waals surface area contributed by atoms with Crippen molar-refractivity contribution in [1.29, 1.82) is 0 Å². The summed E-state index contributed by atoms with van der Waals surface area (Å²) in [4.78, 5) is 10.1. The summed E-state index contributed by atoms with van der Waals surface area (Å²) in [6, 6.07) is 4.05. The Hall–Kier alpha value is -1.67. The van der Waals surface area contributed by atoms with E-state index in [-0.39, 0.29) is 17.1 Å². The molecule has 0 radical (unpaired) electrons. The van der Waals surface area contributed by atoms with Gasteiger partial charge in [0.2, 0.25) is 0 Å². The number of rotatable bonds is 7. The predicted octanol–water partition coefficient (Wildman–Crippen LogP) is 1.82. The number of anilines is 1. The summed E-state index contributed by atoms with van der Waals surface area (Å²) < 4.78 is 23.2. The zero-order valence-corrected chi connectivity index (χ0v) is 13.1. The van der Waals surface area contributed by atoms with Gasteiger partial charge >= 0.3 is 5.69 Å². The lowest BCUT2D eigenvalue weighted by Crippen LogP contribution is -2.21. The van der Waals surface area contributed by atoms with E-state index in [9.17, 15) is 23.6 Å². The summed E-state index contributed by atoms with van der Waals surface area (Å²) in [7, 11) is -3.70. The average molecular weight is 316 g/mol. The van der Waals surface area contributed by atoms with Crippen molar-refractivity contribution >= 4 is 21.2 Å². The van der Waals surface area contributed by atoms with Crippen molar-refractivity contribution in [2.75, 3.05) is 18.1 Å². The molecule has 0 aliphatic rings. The molecule has 2 N–H and O–H groups in total. The number of benzene rings is 1. The first-order chi connectivity index (χ1) is 9.62. The van der Waals surface area contributed by atoms with E-state index >= 15 is 0 Å². The Morgan fingerprint density at radius 3 is 2.48 bits per heavy atom. The third-order valence-electron chi connectivity index (χ3n) is 2.85. The summed E-state index contributed by atoms with van der Waals surface area (Å²) in [6.45, 7) is 4.03. The summed E-state index contributed by atoms with van der Waals surface area (Å²) in [5.41, 5.74) is -0.400. The smallest absolute Gasteiger partial charge is 0.310 e. The van der Waals surface area contributed by atoms with Gasteiger partial charge in [-0.1, -0.05) is 19.9 Å². The van der Waals surface area contributed by atoms with E-state index in [1.54, 1.807) is 0 Å². The fourth-order valence-corrected chi connectivity index (χ4v) is 2.87. The average Bonchev–Trinajstić information content (AvgIpc) is 2.33. The number of nitro benzene ring substituents is 1. The number of hydrogen-bond donors (Lipinski definition) is 2. The monoisotopic (exact) mass is 316 g/mol. The first-order valence-electron chi connectivity index (χ1n) is 6.52. The first-order valence-corrected chi connectivity index (χ1v) is 8.41. The van der Waals surface area contributed by atoms with Crippen molar-refractivity contribution in [3.63, 3.8) is 0 Å². The Kier molecular flexibility index (Phi) is 5.68. The zero-order valence-electron chi connectivity index (χ0n) is 12.2. The highest BCUT2D eigenvalue weighted by atomic mass is 32.2. The maximum atomic E-state index is 11.6. The molecule has 21 heavy (non-hydrogen) atoms. The molecular formula is C13H20N2O5S. The fraction of sp³-hybridized carbons (Fsp3) is 0.538. The van der Waals surface area contributed by atoms with Crippen LogP contribution in [0.5, 0.6) is 0 Å². The number of hydrogen-bond acceptors (Lipinski definition) is 6. The van der Waals surface area contributed by atoms with E-state index in [0.717, 1.165) is 6.26 Å². The summed E-state index contributed by atoms with van der Waals surface area (Å²) in [6.07, 6.45) is 0.811. The van der Waals surface area contributed by atoms with Crippen LogP contribution < -0.4 is 5.32 Å². The second kappa shape index (κ2) is 6.86. The molecule has 0 aromatic heterocycles. The highest BCUT2D eigenvalue weighted by molar-refractivity contribution is 7.90. The molecule has 1 aromatic rings. The van der Waals surface area contributed by atoms with Crippen molar-refractivity contribution in [1.82, 2.24) is 0 Å². The van der Waals surface area contributed by atoms with E-state index in [2.05, 4.69) is 5.32 Å². The second-order valence-corrected chi connectivity index (χ2v) is 7.33. The van der Waals surface area contributed by atoms with Gasteiger partial charge in [-0.2, -0.15) is 0 Å². The molecule has 1 rings (SSSR count). The van der Waals surface area contributed by atoms with Gasteiger partial charge in [-0.25, -0.2) is 8.42 Å². The van der Waals surface area contributed by atoms with Crippen LogP contribution >= 0.6 is 0 Å². The molecule has 1 aromatic carbocycles. The number of aliphatic hydroxyl groups excluding tert-OH is 1. The molecule has 0 saturated carbocycles. The standard InChI is InChI=1S/C13H20N2O5S/c1-9(2)7-10(16)8-14-11-5-4-6-12(21(3,19)20)13(11)15(17)18/h4-6,9-10,14,16H,7-8H2,1-3H3. The van der Waals surface area contributed by atoms with Crippen molar-refractivity contribution in [2.24, 2.45) is 5.92 Å². The molecule has 0 spiro atoms. The molecule has 118 valence electrons. The Labute approximate surface area is 124 Å². The van der Waals surface area contributed by atoms with Crippen LogP contribution in [0.15, 0.2) is 23.1 Å². The van der Waals surface area contributed by atoms with Gasteiger partial charge < -0.3 is 10.4 Å². The Morgan fingerprint density at radius 2 is 2.00 bits per heavy atom. The molecule has 1 unspecified atom stereocenters. The Bertz CT molecular complexity index is 613. The third-order valence-corrected chi connectivity index (χ3v) is 3.98. The Morgan fingerprint density at radius 1 is 1.38 bits per heavy atom. The molecule has 0 aliphatic carbocycles. The van der Waals surface area contributed by atoms with Crippen LogP contribution in [-0.4, -0.2) is 37.4 Å². The second-order valence-electron chi connectivity index (χ2n) is 5.35. The van der Waals surface area contributed by atoms with Crippen LogP contribution in [0.25, 0.3) is 0 Å². The van der Waals surface area contributed by atoms with Crippen LogP contribution in [0.4, 0.5) is 11.4 Å². The molecule has 7 nitrogen and oxygen atoms in total. The molecular weight excluding hydrogens is 296 g/mol. The minimum absolute atomic E-state index is 0.0886. The van der Waals surface area contributed by atoms with Gasteiger partial charge in [0.1, 0.15) is 10.6 Å². The van der Waals surface area contributed by atoms with Crippen molar-refractivity contribution in [2.45, 2.75) is 31.3 Å². The van der Waals surface area contributed by atoms with Gasteiger partial charge in [0, 0.05) is 12.8 Å². The highest BCUT2D eigenvalue weighted by Crippen LogP contribution is 2.31. The number of aliphatic hydroxyl groups is 1. The van der Waals surface area contributed by atoms with Crippen LogP contribution in [0.1, 0.15) is 20.3 Å². The quantitative estimate of drug-likeness (QED) is 0.586.